The molecular weight excluding hydrogens is 252 g/mol. The summed E-state index contributed by atoms with van der Waals surface area (Å²) in [7, 11) is 1.71. The molecule has 2 unspecified atom stereocenters. The molecule has 2 atom stereocenters. The Balaban J connectivity index is 3.16. The number of carbonyl (C=O) groups is 1. The zero-order chi connectivity index (χ0) is 15.2. The van der Waals surface area contributed by atoms with E-state index in [4.69, 9.17) is 0 Å². The van der Waals surface area contributed by atoms with Gasteiger partial charge in [0.2, 0.25) is 0 Å². The van der Waals surface area contributed by atoms with Gasteiger partial charge >= 0.3 is 5.97 Å². The maximum atomic E-state index is 11.9. The summed E-state index contributed by atoms with van der Waals surface area (Å²) in [4.78, 5) is 14.1. The number of hydrogen-bond donors (Lipinski definition) is 2. The monoisotopic (exact) mass is 278 g/mol. The molecule has 0 bridgehead atoms. The minimum atomic E-state index is -1.07. The maximum absolute atomic E-state index is 11.9. The Kier molecular flexibility index (Phi) is 6.17. The van der Waals surface area contributed by atoms with Gasteiger partial charge in [0.15, 0.2) is 5.54 Å². The molecule has 0 aliphatic heterocycles. The minimum Gasteiger partial charge on any atom is -0.480 e. The summed E-state index contributed by atoms with van der Waals surface area (Å²) in [5.74, 6) is -0.840. The number of hydrogen-bond acceptors (Lipinski definition) is 3. The lowest BCUT2D eigenvalue weighted by atomic mass is 9.88. The van der Waals surface area contributed by atoms with Crippen molar-refractivity contribution in [2.45, 2.75) is 38.8 Å². The predicted molar refractivity (Wildman–Crippen MR) is 81.8 cm³/mol. The van der Waals surface area contributed by atoms with Crippen molar-refractivity contribution in [3.63, 3.8) is 0 Å². The van der Waals surface area contributed by atoms with Gasteiger partial charge in [0.25, 0.3) is 0 Å². The largest absolute Gasteiger partial charge is 0.480 e. The number of nitrogens with zero attached hydrogens (tertiary/aromatic N) is 1. The Labute approximate surface area is 121 Å². The first-order valence-electron chi connectivity index (χ1n) is 7.23. The molecule has 0 spiro atoms. The highest BCUT2D eigenvalue weighted by Crippen LogP contribution is 2.24. The standard InChI is InChI=1S/C16H26N2O2/c1-5-13(3)18(6-2)12-16(17-4,15(19)20)14-10-8-7-9-11-14/h7-11,13,17H,5-6,12H2,1-4H3,(H,19,20). The lowest BCUT2D eigenvalue weighted by Crippen LogP contribution is -2.56. The third-order valence-corrected chi connectivity index (χ3v) is 4.12. The second kappa shape index (κ2) is 7.41. The van der Waals surface area contributed by atoms with Crippen LogP contribution in [0.4, 0.5) is 0 Å². The normalized spacial score (nSPS) is 15.8. The van der Waals surface area contributed by atoms with Gasteiger partial charge in [0, 0.05) is 12.6 Å². The van der Waals surface area contributed by atoms with Crippen molar-refractivity contribution < 1.29 is 9.90 Å². The number of carboxylic acid groups (broad SMARTS) is 1. The zero-order valence-electron chi connectivity index (χ0n) is 12.9. The number of nitrogens with one attached hydrogen (secondary N) is 1. The Morgan fingerprint density at radius 2 is 1.95 bits per heavy atom. The molecule has 0 aromatic heterocycles. The van der Waals surface area contributed by atoms with Crippen molar-refractivity contribution in [2.75, 3.05) is 20.1 Å². The smallest absolute Gasteiger partial charge is 0.329 e. The quantitative estimate of drug-likeness (QED) is 0.766. The summed E-state index contributed by atoms with van der Waals surface area (Å²) in [5.41, 5.74) is -0.280. The Bertz CT molecular complexity index is 422. The molecule has 0 aliphatic carbocycles. The Hall–Kier alpha value is -1.39. The fourth-order valence-corrected chi connectivity index (χ4v) is 2.48. The van der Waals surface area contributed by atoms with Gasteiger partial charge in [-0.15, -0.1) is 0 Å². The van der Waals surface area contributed by atoms with Gasteiger partial charge in [-0.2, -0.15) is 0 Å². The molecule has 0 saturated carbocycles. The average molecular weight is 278 g/mol. The van der Waals surface area contributed by atoms with Gasteiger partial charge < -0.3 is 10.4 Å². The molecule has 4 nitrogen and oxygen atoms in total. The van der Waals surface area contributed by atoms with Gasteiger partial charge in [0.1, 0.15) is 0 Å². The lowest BCUT2D eigenvalue weighted by Gasteiger charge is -2.37. The fourth-order valence-electron chi connectivity index (χ4n) is 2.48. The summed E-state index contributed by atoms with van der Waals surface area (Å²) in [5, 5.41) is 12.8. The predicted octanol–water partition coefficient (Wildman–Crippen LogP) is 2.31. The highest BCUT2D eigenvalue weighted by Gasteiger charge is 2.40. The van der Waals surface area contributed by atoms with E-state index < -0.39 is 11.5 Å². The molecule has 0 aliphatic rings. The molecule has 0 amide bonds. The molecule has 1 aromatic carbocycles. The van der Waals surface area contributed by atoms with E-state index in [-0.39, 0.29) is 0 Å². The molecule has 2 N–H and O–H groups in total. The summed E-state index contributed by atoms with van der Waals surface area (Å²) in [6.07, 6.45) is 1.00. The third kappa shape index (κ3) is 3.38. The molecule has 112 valence electrons. The Morgan fingerprint density at radius 3 is 2.35 bits per heavy atom. The molecule has 0 saturated heterocycles. The average Bonchev–Trinajstić information content (AvgIpc) is 2.48. The van der Waals surface area contributed by atoms with Crippen LogP contribution in [0.15, 0.2) is 30.3 Å². The van der Waals surface area contributed by atoms with E-state index in [2.05, 4.69) is 31.0 Å². The first kappa shape index (κ1) is 16.7. The van der Waals surface area contributed by atoms with Crippen LogP contribution in [0.3, 0.4) is 0 Å². The summed E-state index contributed by atoms with van der Waals surface area (Å²) in [6, 6.07) is 9.76. The topological polar surface area (TPSA) is 52.6 Å². The van der Waals surface area contributed by atoms with Crippen LogP contribution in [-0.2, 0) is 10.3 Å². The van der Waals surface area contributed by atoms with Crippen molar-refractivity contribution in [1.29, 1.82) is 0 Å². The second-order valence-electron chi connectivity index (χ2n) is 5.15. The van der Waals surface area contributed by atoms with Crippen molar-refractivity contribution in [1.82, 2.24) is 10.2 Å². The van der Waals surface area contributed by atoms with E-state index in [1.54, 1.807) is 7.05 Å². The van der Waals surface area contributed by atoms with Gasteiger partial charge in [-0.25, -0.2) is 4.79 Å². The van der Waals surface area contributed by atoms with Gasteiger partial charge in [-0.05, 0) is 32.5 Å². The fraction of sp³-hybridized carbons (Fsp3) is 0.562. The van der Waals surface area contributed by atoms with E-state index in [1.165, 1.54) is 0 Å². The van der Waals surface area contributed by atoms with E-state index in [9.17, 15) is 9.90 Å². The highest BCUT2D eigenvalue weighted by molar-refractivity contribution is 5.81. The van der Waals surface area contributed by atoms with Crippen LogP contribution in [0.5, 0.6) is 0 Å². The molecule has 20 heavy (non-hydrogen) atoms. The first-order valence-corrected chi connectivity index (χ1v) is 7.23. The zero-order valence-corrected chi connectivity index (χ0v) is 12.9. The number of carboxylic acids is 1. The summed E-state index contributed by atoms with van der Waals surface area (Å²) >= 11 is 0. The van der Waals surface area contributed by atoms with Crippen molar-refractivity contribution >= 4 is 5.97 Å². The van der Waals surface area contributed by atoms with E-state index in [1.807, 2.05) is 30.3 Å². The number of benzene rings is 1. The van der Waals surface area contributed by atoms with Crippen LogP contribution >= 0.6 is 0 Å². The Morgan fingerprint density at radius 1 is 1.35 bits per heavy atom. The number of aliphatic carboxylic acids is 1. The van der Waals surface area contributed by atoms with Gasteiger partial charge in [0.05, 0.1) is 0 Å². The molecule has 0 radical (unpaired) electrons. The first-order chi connectivity index (χ1) is 9.51. The van der Waals surface area contributed by atoms with E-state index >= 15 is 0 Å². The SMILES string of the molecule is CCC(C)N(CC)CC(NC)(C(=O)O)c1ccccc1. The second-order valence-corrected chi connectivity index (χ2v) is 5.15. The molecule has 4 heteroatoms. The summed E-state index contributed by atoms with van der Waals surface area (Å²) in [6.45, 7) is 7.61. The van der Waals surface area contributed by atoms with E-state index in [0.717, 1.165) is 18.5 Å². The van der Waals surface area contributed by atoms with Gasteiger partial charge in [-0.1, -0.05) is 44.2 Å². The van der Waals surface area contributed by atoms with Crippen LogP contribution in [0.1, 0.15) is 32.8 Å². The van der Waals surface area contributed by atoms with Crippen molar-refractivity contribution in [2.24, 2.45) is 0 Å². The van der Waals surface area contributed by atoms with Gasteiger partial charge in [-0.3, -0.25) is 4.90 Å². The highest BCUT2D eigenvalue weighted by atomic mass is 16.4. The van der Waals surface area contributed by atoms with Crippen LogP contribution in [0, 0.1) is 0 Å². The molecule has 1 aromatic rings. The van der Waals surface area contributed by atoms with Crippen LogP contribution in [-0.4, -0.2) is 42.2 Å². The molecule has 1 rings (SSSR count). The third-order valence-electron chi connectivity index (χ3n) is 4.12. The lowest BCUT2D eigenvalue weighted by molar-refractivity contribution is -0.146. The number of rotatable bonds is 8. The van der Waals surface area contributed by atoms with E-state index in [0.29, 0.717) is 12.6 Å². The van der Waals surface area contributed by atoms with Crippen LogP contribution in [0.2, 0.25) is 0 Å². The molecule has 0 fully saturated rings. The minimum absolute atomic E-state index is 0.357. The molecular formula is C16H26N2O2. The maximum Gasteiger partial charge on any atom is 0.329 e. The van der Waals surface area contributed by atoms with Crippen molar-refractivity contribution in [3.8, 4) is 0 Å². The van der Waals surface area contributed by atoms with Crippen LogP contribution < -0.4 is 5.32 Å². The molecule has 0 heterocycles. The van der Waals surface area contributed by atoms with Crippen molar-refractivity contribution in [3.05, 3.63) is 35.9 Å². The number of likely N-dealkylation sites (N-methyl/N-ethyl adjacent to an activating group) is 2. The summed E-state index contributed by atoms with van der Waals surface area (Å²) < 4.78 is 0. The van der Waals surface area contributed by atoms with Crippen LogP contribution in [0.25, 0.3) is 0 Å².